The van der Waals surface area contributed by atoms with Gasteiger partial charge in [0.2, 0.25) is 0 Å². The maximum absolute atomic E-state index is 12.7. The van der Waals surface area contributed by atoms with Crippen LogP contribution in [0, 0.1) is 17.8 Å². The fourth-order valence-corrected chi connectivity index (χ4v) is 4.88. The molecule has 4 atom stereocenters. The van der Waals surface area contributed by atoms with Crippen LogP contribution in [-0.4, -0.2) is 50.3 Å². The molecule has 1 aromatic rings. The van der Waals surface area contributed by atoms with Gasteiger partial charge in [-0.05, 0) is 47.9 Å². The number of carbonyl (C=O) groups excluding carboxylic acids is 1. The molecular weight excluding hydrogens is 380 g/mol. The fourth-order valence-electron chi connectivity index (χ4n) is 4.88. The summed E-state index contributed by atoms with van der Waals surface area (Å²) < 4.78 is 17.1. The van der Waals surface area contributed by atoms with Gasteiger partial charge in [0.15, 0.2) is 11.5 Å². The lowest BCUT2D eigenvalue weighted by Crippen LogP contribution is -2.51. The van der Waals surface area contributed by atoms with Crippen LogP contribution < -0.4 is 15.2 Å². The summed E-state index contributed by atoms with van der Waals surface area (Å²) in [6.45, 7) is 10.3. The molecule has 0 bridgehead atoms. The highest BCUT2D eigenvalue weighted by molar-refractivity contribution is 5.76. The van der Waals surface area contributed by atoms with E-state index >= 15 is 0 Å². The van der Waals surface area contributed by atoms with E-state index in [9.17, 15) is 4.79 Å². The summed E-state index contributed by atoms with van der Waals surface area (Å²) in [5, 5.41) is 0. The summed E-state index contributed by atoms with van der Waals surface area (Å²) in [5.41, 5.74) is 8.64. The van der Waals surface area contributed by atoms with E-state index in [0.717, 1.165) is 43.9 Å². The SMILES string of the molecule is COc1cc2c(cc1OC)[C@H]1C[C@H](OC(=O)[C@@H](N)C(C)C)[C@H](CC(C)C)CN1CC2. The number of nitrogens with zero attached hydrogens (tertiary/aromatic N) is 1. The molecule has 2 aliphatic rings. The molecule has 168 valence electrons. The van der Waals surface area contributed by atoms with Gasteiger partial charge in [0, 0.05) is 31.5 Å². The van der Waals surface area contributed by atoms with Crippen LogP contribution in [0.15, 0.2) is 12.1 Å². The predicted molar refractivity (Wildman–Crippen MR) is 118 cm³/mol. The Labute approximate surface area is 181 Å². The number of nitrogens with two attached hydrogens (primary N) is 1. The van der Waals surface area contributed by atoms with Gasteiger partial charge in [-0.1, -0.05) is 27.7 Å². The van der Waals surface area contributed by atoms with Gasteiger partial charge in [-0.15, -0.1) is 0 Å². The molecule has 0 radical (unpaired) electrons. The van der Waals surface area contributed by atoms with Crippen molar-refractivity contribution in [3.05, 3.63) is 23.3 Å². The third kappa shape index (κ3) is 4.75. The van der Waals surface area contributed by atoms with Crippen LogP contribution >= 0.6 is 0 Å². The molecular formula is C24H38N2O4. The minimum atomic E-state index is -0.578. The number of hydrogen-bond donors (Lipinski definition) is 1. The Balaban J connectivity index is 1.88. The van der Waals surface area contributed by atoms with Gasteiger partial charge in [0.1, 0.15) is 12.1 Å². The van der Waals surface area contributed by atoms with Crippen molar-refractivity contribution in [2.75, 3.05) is 27.3 Å². The Morgan fingerprint density at radius 3 is 2.43 bits per heavy atom. The topological polar surface area (TPSA) is 74.0 Å². The van der Waals surface area contributed by atoms with Crippen LogP contribution in [0.3, 0.4) is 0 Å². The average molecular weight is 419 g/mol. The van der Waals surface area contributed by atoms with E-state index in [1.165, 1.54) is 11.1 Å². The minimum Gasteiger partial charge on any atom is -0.493 e. The lowest BCUT2D eigenvalue weighted by molar-refractivity contribution is -0.160. The largest absolute Gasteiger partial charge is 0.493 e. The zero-order chi connectivity index (χ0) is 22.0. The molecule has 2 aliphatic heterocycles. The molecule has 1 aromatic carbocycles. The third-order valence-electron chi connectivity index (χ3n) is 6.60. The first-order chi connectivity index (χ1) is 14.2. The molecule has 1 saturated heterocycles. The second kappa shape index (κ2) is 9.56. The lowest BCUT2D eigenvalue weighted by Gasteiger charge is -2.47. The highest BCUT2D eigenvalue weighted by Gasteiger charge is 2.41. The van der Waals surface area contributed by atoms with E-state index in [2.05, 4.69) is 30.9 Å². The number of esters is 1. The second-order valence-electron chi connectivity index (χ2n) is 9.54. The maximum Gasteiger partial charge on any atom is 0.323 e. The summed E-state index contributed by atoms with van der Waals surface area (Å²) in [5.74, 6) is 2.18. The van der Waals surface area contributed by atoms with Crippen molar-refractivity contribution < 1.29 is 19.0 Å². The molecule has 30 heavy (non-hydrogen) atoms. The standard InChI is InChI=1S/C24H38N2O4/c1-14(2)9-17-13-26-8-7-16-10-21(28-5)22(29-6)11-18(16)19(26)12-20(17)30-24(27)23(25)15(3)4/h10-11,14-15,17,19-20,23H,7-9,12-13,25H2,1-6H3/t17-,19-,20+,23+/m1/s1. The van der Waals surface area contributed by atoms with E-state index in [1.54, 1.807) is 14.2 Å². The van der Waals surface area contributed by atoms with Crippen molar-refractivity contribution in [3.8, 4) is 11.5 Å². The van der Waals surface area contributed by atoms with Crippen molar-refractivity contribution >= 4 is 5.97 Å². The summed E-state index contributed by atoms with van der Waals surface area (Å²) in [6, 6.07) is 3.84. The number of ether oxygens (including phenoxy) is 3. The van der Waals surface area contributed by atoms with E-state index in [1.807, 2.05) is 13.8 Å². The summed E-state index contributed by atoms with van der Waals surface area (Å²) in [7, 11) is 3.34. The molecule has 0 saturated carbocycles. The van der Waals surface area contributed by atoms with Crippen LogP contribution in [0.4, 0.5) is 0 Å². The number of benzene rings is 1. The van der Waals surface area contributed by atoms with Crippen molar-refractivity contribution in [3.63, 3.8) is 0 Å². The van der Waals surface area contributed by atoms with Gasteiger partial charge < -0.3 is 19.9 Å². The molecule has 0 aliphatic carbocycles. The first kappa shape index (κ1) is 22.9. The maximum atomic E-state index is 12.7. The Morgan fingerprint density at radius 2 is 1.83 bits per heavy atom. The van der Waals surface area contributed by atoms with Crippen molar-refractivity contribution in [2.24, 2.45) is 23.5 Å². The van der Waals surface area contributed by atoms with Crippen molar-refractivity contribution in [1.29, 1.82) is 0 Å². The number of fused-ring (bicyclic) bond motifs is 3. The summed E-state index contributed by atoms with van der Waals surface area (Å²) in [4.78, 5) is 15.2. The highest BCUT2D eigenvalue weighted by atomic mass is 16.5. The molecule has 1 fully saturated rings. The van der Waals surface area contributed by atoms with Crippen molar-refractivity contribution in [2.45, 2.75) is 65.1 Å². The average Bonchev–Trinajstić information content (AvgIpc) is 2.71. The van der Waals surface area contributed by atoms with E-state index in [4.69, 9.17) is 19.9 Å². The minimum absolute atomic E-state index is 0.0632. The zero-order valence-corrected chi connectivity index (χ0v) is 19.3. The van der Waals surface area contributed by atoms with E-state index in [0.29, 0.717) is 11.8 Å². The van der Waals surface area contributed by atoms with Crippen LogP contribution in [0.5, 0.6) is 11.5 Å². The number of piperidine rings is 1. The number of hydrogen-bond acceptors (Lipinski definition) is 6. The van der Waals surface area contributed by atoms with Crippen LogP contribution in [-0.2, 0) is 16.0 Å². The Hall–Kier alpha value is -1.79. The third-order valence-corrected chi connectivity index (χ3v) is 6.60. The number of carbonyl (C=O) groups is 1. The van der Waals surface area contributed by atoms with Crippen LogP contribution in [0.2, 0.25) is 0 Å². The van der Waals surface area contributed by atoms with Gasteiger partial charge >= 0.3 is 5.97 Å². The number of rotatable bonds is 7. The first-order valence-electron chi connectivity index (χ1n) is 11.2. The molecule has 3 rings (SSSR count). The molecule has 2 heterocycles. The predicted octanol–water partition coefficient (Wildman–Crippen LogP) is 3.56. The summed E-state index contributed by atoms with van der Waals surface area (Å²) in [6.07, 6.45) is 2.70. The monoisotopic (exact) mass is 418 g/mol. The van der Waals surface area contributed by atoms with Crippen LogP contribution in [0.25, 0.3) is 0 Å². The summed E-state index contributed by atoms with van der Waals surface area (Å²) >= 11 is 0. The Kier molecular flexibility index (Phi) is 7.30. The molecule has 0 amide bonds. The quantitative estimate of drug-likeness (QED) is 0.683. The van der Waals surface area contributed by atoms with Crippen molar-refractivity contribution in [1.82, 2.24) is 4.90 Å². The molecule has 6 nitrogen and oxygen atoms in total. The van der Waals surface area contributed by atoms with E-state index < -0.39 is 6.04 Å². The highest BCUT2D eigenvalue weighted by Crippen LogP contribution is 2.44. The molecule has 0 spiro atoms. The van der Waals surface area contributed by atoms with Gasteiger partial charge in [0.05, 0.1) is 14.2 Å². The molecule has 0 aromatic heterocycles. The van der Waals surface area contributed by atoms with Gasteiger partial charge in [-0.2, -0.15) is 0 Å². The normalized spacial score (nSPS) is 24.9. The second-order valence-corrected chi connectivity index (χ2v) is 9.54. The Morgan fingerprint density at radius 1 is 1.17 bits per heavy atom. The molecule has 0 unspecified atom stereocenters. The molecule has 6 heteroatoms. The first-order valence-corrected chi connectivity index (χ1v) is 11.2. The zero-order valence-electron chi connectivity index (χ0n) is 19.3. The smallest absolute Gasteiger partial charge is 0.323 e. The van der Waals surface area contributed by atoms with E-state index in [-0.39, 0.29) is 24.0 Å². The van der Waals surface area contributed by atoms with Gasteiger partial charge in [0.25, 0.3) is 0 Å². The molecule has 2 N–H and O–H groups in total. The number of methoxy groups -OCH3 is 2. The van der Waals surface area contributed by atoms with Gasteiger partial charge in [-0.3, -0.25) is 9.69 Å². The Bertz CT molecular complexity index is 749. The lowest BCUT2D eigenvalue weighted by atomic mass is 9.79. The van der Waals surface area contributed by atoms with Crippen LogP contribution in [0.1, 0.15) is 57.7 Å². The van der Waals surface area contributed by atoms with Gasteiger partial charge in [-0.25, -0.2) is 0 Å². The fraction of sp³-hybridized carbons (Fsp3) is 0.708.